The van der Waals surface area contributed by atoms with Crippen LogP contribution in [0.25, 0.3) is 0 Å². The summed E-state index contributed by atoms with van der Waals surface area (Å²) in [7, 11) is 3.86. The van der Waals surface area contributed by atoms with E-state index in [0.717, 1.165) is 11.3 Å². The lowest BCUT2D eigenvalue weighted by Gasteiger charge is -2.10. The molecule has 0 aromatic carbocycles. The molecule has 0 fully saturated rings. The van der Waals surface area contributed by atoms with Crippen molar-refractivity contribution >= 4 is 21.8 Å². The number of likely N-dealkylation sites (N-methyl/N-ethyl adjacent to an activating group) is 1. The predicted octanol–water partition coefficient (Wildman–Crippen LogP) is 0.405. The van der Waals surface area contributed by atoms with E-state index >= 15 is 0 Å². The van der Waals surface area contributed by atoms with E-state index in [1.54, 1.807) is 0 Å². The van der Waals surface area contributed by atoms with Crippen LogP contribution in [0.1, 0.15) is 0 Å². The van der Waals surface area contributed by atoms with Gasteiger partial charge < -0.3 is 0 Å². The minimum absolute atomic E-state index is 0.0910. The molecule has 2 nitrogen and oxygen atoms in total. The van der Waals surface area contributed by atoms with E-state index < -0.39 is 0 Å². The van der Waals surface area contributed by atoms with Gasteiger partial charge in [0.2, 0.25) is 0 Å². The Balaban J connectivity index is 4.34. The van der Waals surface area contributed by atoms with Gasteiger partial charge in [-0.1, -0.05) is 0 Å². The lowest BCUT2D eigenvalue weighted by molar-refractivity contribution is -0.103. The average molecular weight is 147 g/mol. The van der Waals surface area contributed by atoms with Gasteiger partial charge in [-0.3, -0.25) is 9.69 Å². The molecule has 0 aromatic heterocycles. The van der Waals surface area contributed by atoms with Crippen LogP contribution in [0.4, 0.5) is 0 Å². The Morgan fingerprint density at radius 2 is 1.89 bits per heavy atom. The van der Waals surface area contributed by atoms with Crippen molar-refractivity contribution < 1.29 is 4.79 Å². The number of nitrogens with zero attached hydrogens (tertiary/aromatic N) is 1. The summed E-state index contributed by atoms with van der Waals surface area (Å²) < 4.78 is 0. The largest absolute Gasteiger partial charge is 0.296 e. The molecular weight excluding hydrogens is 134 g/mol. The van der Waals surface area contributed by atoms with E-state index in [0.29, 0.717) is 0 Å². The molecule has 0 spiro atoms. The minimum Gasteiger partial charge on any atom is -0.296 e. The summed E-state index contributed by atoms with van der Waals surface area (Å²) >= 11 is 0. The standard InChI is InChI=1S/C6H13NOS/c1-7(2)6(5-8)9(3)4/h5H,1-4H3. The molecule has 0 atom stereocenters. The van der Waals surface area contributed by atoms with Gasteiger partial charge in [0, 0.05) is 0 Å². The molecule has 3 heteroatoms. The zero-order valence-electron chi connectivity index (χ0n) is 6.34. The molecule has 9 heavy (non-hydrogen) atoms. The molecule has 0 saturated carbocycles. The zero-order valence-corrected chi connectivity index (χ0v) is 7.16. The molecule has 54 valence electrons. The first-order valence-corrected chi connectivity index (χ1v) is 4.70. The van der Waals surface area contributed by atoms with Crippen molar-refractivity contribution in [3.63, 3.8) is 0 Å². The molecular formula is C6H13NOS. The molecule has 0 aromatic rings. The van der Waals surface area contributed by atoms with Crippen LogP contribution in [0.15, 0.2) is 0 Å². The highest BCUT2D eigenvalue weighted by Gasteiger charge is 1.97. The summed E-state index contributed by atoms with van der Waals surface area (Å²) in [5, 5.41) is 0. The quantitative estimate of drug-likeness (QED) is 0.395. The maximum Gasteiger partial charge on any atom is 0.166 e. The van der Waals surface area contributed by atoms with E-state index in [2.05, 4.69) is 0 Å². The van der Waals surface area contributed by atoms with E-state index in [1.165, 1.54) is 0 Å². The van der Waals surface area contributed by atoms with Gasteiger partial charge in [-0.25, -0.2) is 0 Å². The lowest BCUT2D eigenvalue weighted by atomic mass is 10.7. The topological polar surface area (TPSA) is 20.3 Å². The Morgan fingerprint density at radius 1 is 1.44 bits per heavy atom. The van der Waals surface area contributed by atoms with Gasteiger partial charge in [0.15, 0.2) is 6.29 Å². The Morgan fingerprint density at radius 3 is 1.89 bits per heavy atom. The van der Waals surface area contributed by atoms with Crippen LogP contribution >= 0.6 is 10.5 Å². The third-order valence-corrected chi connectivity index (χ3v) is 2.26. The fourth-order valence-electron chi connectivity index (χ4n) is 0.567. The molecule has 0 radical (unpaired) electrons. The number of carbonyl (C=O) groups excluding carboxylic acids is 1. The van der Waals surface area contributed by atoms with Gasteiger partial charge in [-0.05, 0) is 26.6 Å². The molecule has 0 aliphatic rings. The first-order chi connectivity index (χ1) is 4.09. The zero-order chi connectivity index (χ0) is 7.44. The maximum absolute atomic E-state index is 10.3. The first-order valence-electron chi connectivity index (χ1n) is 2.66. The van der Waals surface area contributed by atoms with Crippen molar-refractivity contribution in [3.8, 4) is 0 Å². The Kier molecular flexibility index (Phi) is 3.73. The van der Waals surface area contributed by atoms with Crippen molar-refractivity contribution in [2.75, 3.05) is 26.6 Å². The number of carbonyl (C=O) groups is 1. The van der Waals surface area contributed by atoms with Gasteiger partial charge in [-0.2, -0.15) is 10.5 Å². The molecule has 0 N–H and O–H groups in total. The molecule has 0 rings (SSSR count). The van der Waals surface area contributed by atoms with Crippen molar-refractivity contribution in [1.82, 2.24) is 4.90 Å². The Bertz CT molecular complexity index is 136. The number of hydrogen-bond donors (Lipinski definition) is 0. The van der Waals surface area contributed by atoms with Crippen LogP contribution in [0.2, 0.25) is 0 Å². The van der Waals surface area contributed by atoms with Crippen molar-refractivity contribution in [1.29, 1.82) is 0 Å². The van der Waals surface area contributed by atoms with E-state index in [-0.39, 0.29) is 10.5 Å². The predicted molar refractivity (Wildman–Crippen MR) is 44.2 cm³/mol. The summed E-state index contributed by atoms with van der Waals surface area (Å²) in [6.45, 7) is 0. The summed E-state index contributed by atoms with van der Waals surface area (Å²) in [6, 6.07) is 0. The molecule has 0 saturated heterocycles. The highest BCUT2D eigenvalue weighted by molar-refractivity contribution is 8.15. The smallest absolute Gasteiger partial charge is 0.166 e. The van der Waals surface area contributed by atoms with Crippen molar-refractivity contribution in [2.24, 2.45) is 0 Å². The highest BCUT2D eigenvalue weighted by Crippen LogP contribution is 2.01. The van der Waals surface area contributed by atoms with Gasteiger partial charge in [0.25, 0.3) is 0 Å². The van der Waals surface area contributed by atoms with Gasteiger partial charge in [0.05, 0.1) is 4.99 Å². The van der Waals surface area contributed by atoms with E-state index in [4.69, 9.17) is 0 Å². The van der Waals surface area contributed by atoms with Crippen LogP contribution in [0, 0.1) is 0 Å². The Labute approximate surface area is 58.8 Å². The summed E-state index contributed by atoms with van der Waals surface area (Å²) in [5.74, 6) is 0. The lowest BCUT2D eigenvalue weighted by Crippen LogP contribution is -2.22. The van der Waals surface area contributed by atoms with Crippen LogP contribution in [-0.2, 0) is 4.79 Å². The molecule has 0 aliphatic carbocycles. The van der Waals surface area contributed by atoms with Crippen molar-refractivity contribution in [2.45, 2.75) is 0 Å². The SMILES string of the molecule is CN(C)C(C=O)=S(C)C. The third kappa shape index (κ3) is 2.77. The maximum atomic E-state index is 10.3. The first kappa shape index (κ1) is 8.85. The summed E-state index contributed by atoms with van der Waals surface area (Å²) in [4.78, 5) is 13.0. The summed E-state index contributed by atoms with van der Waals surface area (Å²) in [5.41, 5.74) is 0. The number of rotatable bonds is 1. The van der Waals surface area contributed by atoms with Crippen LogP contribution in [0.3, 0.4) is 0 Å². The normalized spacial score (nSPS) is 10.4. The van der Waals surface area contributed by atoms with Gasteiger partial charge in [0.1, 0.15) is 0 Å². The number of aldehydes is 1. The molecule has 0 heterocycles. The second-order valence-corrected chi connectivity index (χ2v) is 4.22. The fraction of sp³-hybridized carbons (Fsp3) is 0.667. The van der Waals surface area contributed by atoms with Crippen LogP contribution in [-0.4, -0.2) is 42.8 Å². The second kappa shape index (κ2) is 3.80. The molecule has 0 bridgehead atoms. The van der Waals surface area contributed by atoms with E-state index in [1.807, 2.05) is 31.5 Å². The second-order valence-electron chi connectivity index (χ2n) is 2.17. The average Bonchev–Trinajstić information content (AvgIpc) is 1.64. The number of hydrogen-bond acceptors (Lipinski definition) is 1. The minimum atomic E-state index is 0.0910. The molecule has 0 aliphatic heterocycles. The molecule has 0 amide bonds. The fourth-order valence-corrected chi connectivity index (χ4v) is 1.49. The van der Waals surface area contributed by atoms with Crippen molar-refractivity contribution in [3.05, 3.63) is 0 Å². The highest BCUT2D eigenvalue weighted by atomic mass is 32.2. The Hall–Kier alpha value is -0.150. The van der Waals surface area contributed by atoms with Crippen LogP contribution < -0.4 is 0 Å². The summed E-state index contributed by atoms with van der Waals surface area (Å²) in [6.07, 6.45) is 4.98. The van der Waals surface area contributed by atoms with E-state index in [9.17, 15) is 4.79 Å². The monoisotopic (exact) mass is 147 g/mol. The van der Waals surface area contributed by atoms with Crippen LogP contribution in [0.5, 0.6) is 0 Å². The van der Waals surface area contributed by atoms with Gasteiger partial charge in [-0.15, -0.1) is 0 Å². The van der Waals surface area contributed by atoms with Gasteiger partial charge >= 0.3 is 0 Å². The third-order valence-electron chi connectivity index (χ3n) is 0.960. The molecule has 0 unspecified atom stereocenters.